The van der Waals surface area contributed by atoms with Gasteiger partial charge in [0.15, 0.2) is 11.5 Å². The lowest BCUT2D eigenvalue weighted by Crippen LogP contribution is -2.09. The minimum Gasteiger partial charge on any atom is -0.493 e. The number of hydrazone groups is 1. The van der Waals surface area contributed by atoms with Crippen molar-refractivity contribution in [3.63, 3.8) is 0 Å². The molecule has 138 valence electrons. The van der Waals surface area contributed by atoms with E-state index in [-0.39, 0.29) is 0 Å². The summed E-state index contributed by atoms with van der Waals surface area (Å²) in [5.74, 6) is 1.73. The number of hydrogen-bond donors (Lipinski definition) is 0. The van der Waals surface area contributed by atoms with Crippen LogP contribution in [0, 0.1) is 0 Å². The fraction of sp³-hybridized carbons (Fsp3) is 0.136. The SMILES string of the molecule is COc1cc(/C=N\N(c2ccccc2)c2ccccc2)cc(OC)c1OC. The summed E-state index contributed by atoms with van der Waals surface area (Å²) in [7, 11) is 4.78. The highest BCUT2D eigenvalue weighted by molar-refractivity contribution is 5.84. The lowest BCUT2D eigenvalue weighted by molar-refractivity contribution is 0.324. The molecule has 5 nitrogen and oxygen atoms in total. The second-order valence-corrected chi connectivity index (χ2v) is 5.69. The van der Waals surface area contributed by atoms with Gasteiger partial charge in [-0.2, -0.15) is 5.10 Å². The van der Waals surface area contributed by atoms with Crippen LogP contribution in [0.4, 0.5) is 11.4 Å². The third-order valence-corrected chi connectivity index (χ3v) is 4.01. The van der Waals surface area contributed by atoms with Crippen molar-refractivity contribution in [2.24, 2.45) is 5.10 Å². The van der Waals surface area contributed by atoms with Crippen molar-refractivity contribution in [2.75, 3.05) is 26.3 Å². The molecular weight excluding hydrogens is 340 g/mol. The summed E-state index contributed by atoms with van der Waals surface area (Å²) in [5.41, 5.74) is 2.76. The van der Waals surface area contributed by atoms with Crippen LogP contribution in [-0.4, -0.2) is 27.5 Å². The molecular formula is C22H22N2O3. The first kappa shape index (κ1) is 18.3. The Balaban J connectivity index is 2.00. The van der Waals surface area contributed by atoms with Crippen molar-refractivity contribution in [2.45, 2.75) is 0 Å². The Bertz CT molecular complexity index is 831. The minimum atomic E-state index is 0.556. The first-order valence-corrected chi connectivity index (χ1v) is 8.51. The normalized spacial score (nSPS) is 10.6. The number of rotatable bonds is 7. The minimum absolute atomic E-state index is 0.556. The zero-order chi connectivity index (χ0) is 19.1. The monoisotopic (exact) mass is 362 g/mol. The van der Waals surface area contributed by atoms with Crippen LogP contribution in [0.2, 0.25) is 0 Å². The van der Waals surface area contributed by atoms with E-state index >= 15 is 0 Å². The van der Waals surface area contributed by atoms with Gasteiger partial charge in [0.25, 0.3) is 0 Å². The second-order valence-electron chi connectivity index (χ2n) is 5.69. The van der Waals surface area contributed by atoms with E-state index in [9.17, 15) is 0 Å². The van der Waals surface area contributed by atoms with Gasteiger partial charge in [0.05, 0.1) is 38.9 Å². The third kappa shape index (κ3) is 4.20. The molecule has 0 saturated carbocycles. The van der Waals surface area contributed by atoms with Gasteiger partial charge in [-0.25, -0.2) is 5.01 Å². The maximum absolute atomic E-state index is 5.42. The summed E-state index contributed by atoms with van der Waals surface area (Å²) in [5, 5.41) is 6.58. The van der Waals surface area contributed by atoms with Crippen LogP contribution in [0.5, 0.6) is 17.2 Å². The van der Waals surface area contributed by atoms with Gasteiger partial charge in [0.2, 0.25) is 5.75 Å². The highest BCUT2D eigenvalue weighted by Crippen LogP contribution is 2.38. The molecule has 3 aromatic carbocycles. The lowest BCUT2D eigenvalue weighted by atomic mass is 10.2. The first-order valence-electron chi connectivity index (χ1n) is 8.51. The molecule has 3 rings (SSSR count). The molecule has 0 aromatic heterocycles. The summed E-state index contributed by atoms with van der Waals surface area (Å²) < 4.78 is 16.2. The van der Waals surface area contributed by atoms with Crippen LogP contribution >= 0.6 is 0 Å². The number of para-hydroxylation sites is 2. The third-order valence-electron chi connectivity index (χ3n) is 4.01. The fourth-order valence-electron chi connectivity index (χ4n) is 2.72. The molecule has 0 bridgehead atoms. The quantitative estimate of drug-likeness (QED) is 0.444. The Hall–Kier alpha value is -3.47. The molecule has 3 aromatic rings. The van der Waals surface area contributed by atoms with Crippen LogP contribution in [0.1, 0.15) is 5.56 Å². The van der Waals surface area contributed by atoms with Crippen molar-refractivity contribution in [1.29, 1.82) is 0 Å². The molecule has 0 fully saturated rings. The fourth-order valence-corrected chi connectivity index (χ4v) is 2.72. The van der Waals surface area contributed by atoms with Gasteiger partial charge in [-0.05, 0) is 36.4 Å². The van der Waals surface area contributed by atoms with Crippen LogP contribution in [0.25, 0.3) is 0 Å². The number of ether oxygens (including phenoxy) is 3. The Morgan fingerprint density at radius 3 is 1.59 bits per heavy atom. The summed E-state index contributed by atoms with van der Waals surface area (Å²) in [4.78, 5) is 0. The van der Waals surface area contributed by atoms with Crippen molar-refractivity contribution in [3.05, 3.63) is 78.4 Å². The summed E-state index contributed by atoms with van der Waals surface area (Å²) >= 11 is 0. The summed E-state index contributed by atoms with van der Waals surface area (Å²) in [6.07, 6.45) is 1.77. The predicted molar refractivity (Wildman–Crippen MR) is 109 cm³/mol. The topological polar surface area (TPSA) is 43.3 Å². The second kappa shape index (κ2) is 8.76. The molecule has 0 unspecified atom stereocenters. The van der Waals surface area contributed by atoms with Crippen LogP contribution in [0.3, 0.4) is 0 Å². The van der Waals surface area contributed by atoms with Crippen molar-refractivity contribution < 1.29 is 14.2 Å². The number of methoxy groups -OCH3 is 3. The lowest BCUT2D eigenvalue weighted by Gasteiger charge is -2.19. The molecule has 0 amide bonds. The molecule has 0 atom stereocenters. The molecule has 5 heteroatoms. The van der Waals surface area contributed by atoms with Crippen molar-refractivity contribution in [1.82, 2.24) is 0 Å². The zero-order valence-electron chi connectivity index (χ0n) is 15.6. The predicted octanol–water partition coefficient (Wildman–Crippen LogP) is 4.88. The van der Waals surface area contributed by atoms with Crippen LogP contribution < -0.4 is 19.2 Å². The van der Waals surface area contributed by atoms with E-state index in [2.05, 4.69) is 0 Å². The van der Waals surface area contributed by atoms with Gasteiger partial charge in [-0.1, -0.05) is 36.4 Å². The molecule has 0 aliphatic rings. The van der Waals surface area contributed by atoms with E-state index in [1.54, 1.807) is 27.5 Å². The van der Waals surface area contributed by atoms with Gasteiger partial charge in [0, 0.05) is 5.56 Å². The standard InChI is InChI=1S/C22H22N2O3/c1-25-20-14-17(15-21(26-2)22(20)27-3)16-23-24(18-10-6-4-7-11-18)19-12-8-5-9-13-19/h4-16H,1-3H3/b23-16-. The Morgan fingerprint density at radius 2 is 1.19 bits per heavy atom. The Labute approximate surface area is 159 Å². The molecule has 0 N–H and O–H groups in total. The number of nitrogens with zero attached hydrogens (tertiary/aromatic N) is 2. The maximum Gasteiger partial charge on any atom is 0.203 e. The average Bonchev–Trinajstić information content (AvgIpc) is 2.74. The summed E-state index contributed by atoms with van der Waals surface area (Å²) in [6, 6.07) is 23.7. The van der Waals surface area contributed by atoms with Gasteiger partial charge in [0.1, 0.15) is 0 Å². The van der Waals surface area contributed by atoms with E-state index in [0.29, 0.717) is 17.2 Å². The Morgan fingerprint density at radius 1 is 0.704 bits per heavy atom. The van der Waals surface area contributed by atoms with Crippen molar-refractivity contribution >= 4 is 17.6 Å². The average molecular weight is 362 g/mol. The molecule has 0 saturated heterocycles. The number of hydrogen-bond acceptors (Lipinski definition) is 5. The number of benzene rings is 3. The largest absolute Gasteiger partial charge is 0.493 e. The first-order chi connectivity index (χ1) is 13.3. The molecule has 0 radical (unpaired) electrons. The van der Waals surface area contributed by atoms with E-state index in [4.69, 9.17) is 19.3 Å². The van der Waals surface area contributed by atoms with Gasteiger partial charge < -0.3 is 14.2 Å². The van der Waals surface area contributed by atoms with Gasteiger partial charge in [-0.3, -0.25) is 0 Å². The molecule has 0 aliphatic heterocycles. The highest BCUT2D eigenvalue weighted by atomic mass is 16.5. The van der Waals surface area contributed by atoms with E-state index < -0.39 is 0 Å². The number of anilines is 2. The van der Waals surface area contributed by atoms with Crippen LogP contribution in [-0.2, 0) is 0 Å². The van der Waals surface area contributed by atoms with Gasteiger partial charge in [-0.15, -0.1) is 0 Å². The molecule has 0 heterocycles. The molecule has 27 heavy (non-hydrogen) atoms. The smallest absolute Gasteiger partial charge is 0.203 e. The summed E-state index contributed by atoms with van der Waals surface area (Å²) in [6.45, 7) is 0. The van der Waals surface area contributed by atoms with Gasteiger partial charge >= 0.3 is 0 Å². The maximum atomic E-state index is 5.42. The van der Waals surface area contributed by atoms with E-state index in [1.807, 2.05) is 77.8 Å². The van der Waals surface area contributed by atoms with E-state index in [0.717, 1.165) is 16.9 Å². The zero-order valence-corrected chi connectivity index (χ0v) is 15.6. The Kier molecular flexibility index (Phi) is 5.94. The van der Waals surface area contributed by atoms with E-state index in [1.165, 1.54) is 0 Å². The highest BCUT2D eigenvalue weighted by Gasteiger charge is 2.13. The van der Waals surface area contributed by atoms with Crippen molar-refractivity contribution in [3.8, 4) is 17.2 Å². The van der Waals surface area contributed by atoms with Crippen LogP contribution in [0.15, 0.2) is 77.9 Å². The molecule has 0 aliphatic carbocycles. The molecule has 0 spiro atoms.